The molecule has 0 aliphatic carbocycles. The summed E-state index contributed by atoms with van der Waals surface area (Å²) >= 11 is 6.27. The zero-order valence-corrected chi connectivity index (χ0v) is 25.3. The van der Waals surface area contributed by atoms with E-state index < -0.39 is 21.7 Å². The second-order valence-corrected chi connectivity index (χ2v) is 12.9. The molecule has 3 aromatic carbocycles. The monoisotopic (exact) mass is 630 g/mol. The minimum absolute atomic E-state index is 0.222. The molecule has 0 saturated carbocycles. The molecular formula is C32H24ClFN4O5S. The molecule has 1 N–H and O–H groups in total. The number of hydrogen-bond acceptors (Lipinski definition) is 6. The number of aromatic nitrogens is 2. The van der Waals surface area contributed by atoms with Crippen LogP contribution in [-0.4, -0.2) is 44.2 Å². The fourth-order valence-corrected chi connectivity index (χ4v) is 6.20. The molecule has 1 amide bonds. The first-order valence-electron chi connectivity index (χ1n) is 13.5. The lowest BCUT2D eigenvalue weighted by Crippen LogP contribution is -2.25. The largest absolute Gasteiger partial charge is 0.470 e. The molecule has 0 atom stereocenters. The minimum atomic E-state index is -3.72. The Kier molecular flexibility index (Phi) is 6.41. The Morgan fingerprint density at radius 2 is 1.84 bits per heavy atom. The number of amides is 1. The van der Waals surface area contributed by atoms with Crippen molar-refractivity contribution >= 4 is 55.1 Å². The second-order valence-electron chi connectivity index (χ2n) is 10.5. The Labute approximate surface area is 256 Å². The van der Waals surface area contributed by atoms with Crippen molar-refractivity contribution in [2.75, 3.05) is 24.7 Å². The number of carbonyl (C=O) groups is 1. The van der Waals surface area contributed by atoms with Crippen LogP contribution < -0.4 is 14.4 Å². The van der Waals surface area contributed by atoms with Gasteiger partial charge in [0.2, 0.25) is 10.0 Å². The van der Waals surface area contributed by atoms with Gasteiger partial charge in [-0.05, 0) is 60.7 Å². The fraction of sp³-hybridized carbons (Fsp3) is 0.125. The van der Waals surface area contributed by atoms with Crippen LogP contribution in [0.25, 0.3) is 55.8 Å². The van der Waals surface area contributed by atoms with Gasteiger partial charge in [-0.3, -0.25) is 9.10 Å². The van der Waals surface area contributed by atoms with E-state index in [1.807, 2.05) is 28.8 Å². The predicted molar refractivity (Wildman–Crippen MR) is 168 cm³/mol. The molecule has 7 rings (SSSR count). The summed E-state index contributed by atoms with van der Waals surface area (Å²) in [5.41, 5.74) is 4.45. The molecule has 1 aliphatic rings. The van der Waals surface area contributed by atoms with Crippen LogP contribution in [0.1, 0.15) is 10.4 Å². The second kappa shape index (κ2) is 10.1. The van der Waals surface area contributed by atoms with Gasteiger partial charge < -0.3 is 19.0 Å². The third kappa shape index (κ3) is 4.47. The summed E-state index contributed by atoms with van der Waals surface area (Å²) in [6.45, 7) is 0.276. The molecule has 9 nitrogen and oxygen atoms in total. The van der Waals surface area contributed by atoms with E-state index in [-0.39, 0.29) is 23.6 Å². The average Bonchev–Trinajstić information content (AvgIpc) is 3.57. The Balaban J connectivity index is 1.49. The molecule has 3 aromatic heterocycles. The predicted octanol–water partition coefficient (Wildman–Crippen LogP) is 6.68. The highest BCUT2D eigenvalue weighted by Crippen LogP contribution is 2.43. The number of carbonyl (C=O) groups excluding carboxylic acids is 1. The molecule has 0 saturated heterocycles. The number of furan rings is 1. The van der Waals surface area contributed by atoms with Gasteiger partial charge in [-0.1, -0.05) is 17.7 Å². The van der Waals surface area contributed by atoms with Gasteiger partial charge >= 0.3 is 0 Å². The summed E-state index contributed by atoms with van der Waals surface area (Å²) < 4.78 is 54.6. The van der Waals surface area contributed by atoms with Gasteiger partial charge in [0.15, 0.2) is 6.73 Å². The third-order valence-electron chi connectivity index (χ3n) is 7.80. The van der Waals surface area contributed by atoms with E-state index in [1.165, 1.54) is 38.4 Å². The number of rotatable bonds is 5. The van der Waals surface area contributed by atoms with Crippen molar-refractivity contribution in [2.24, 2.45) is 0 Å². The summed E-state index contributed by atoms with van der Waals surface area (Å²) in [7, 11) is -0.785. The molecule has 0 fully saturated rings. The van der Waals surface area contributed by atoms with Crippen LogP contribution in [-0.2, 0) is 16.8 Å². The maximum absolute atomic E-state index is 13.7. The Morgan fingerprint density at radius 1 is 1.07 bits per heavy atom. The van der Waals surface area contributed by atoms with Gasteiger partial charge in [0, 0.05) is 47.1 Å². The highest BCUT2D eigenvalue weighted by atomic mass is 35.5. The van der Waals surface area contributed by atoms with E-state index in [9.17, 15) is 17.6 Å². The van der Waals surface area contributed by atoms with Crippen molar-refractivity contribution in [3.8, 4) is 39.7 Å². The number of hydrogen-bond donors (Lipinski definition) is 1. The van der Waals surface area contributed by atoms with Crippen LogP contribution in [0, 0.1) is 5.82 Å². The van der Waals surface area contributed by atoms with Gasteiger partial charge in [-0.15, -0.1) is 0 Å². The number of ether oxygens (including phenoxy) is 1. The van der Waals surface area contributed by atoms with Crippen molar-refractivity contribution in [3.63, 3.8) is 0 Å². The zero-order chi connectivity index (χ0) is 30.9. The highest BCUT2D eigenvalue weighted by molar-refractivity contribution is 7.92. The lowest BCUT2D eigenvalue weighted by atomic mass is 10.0. The molecule has 0 bridgehead atoms. The first kappa shape index (κ1) is 27.9. The quantitative estimate of drug-likeness (QED) is 0.228. The van der Waals surface area contributed by atoms with Gasteiger partial charge in [-0.2, -0.15) is 0 Å². The number of pyridine rings is 1. The molecular weight excluding hydrogens is 607 g/mol. The average molecular weight is 631 g/mol. The molecule has 6 aromatic rings. The summed E-state index contributed by atoms with van der Waals surface area (Å²) in [5.74, 6) is -0.0647. The fourth-order valence-electron chi connectivity index (χ4n) is 5.52. The van der Waals surface area contributed by atoms with Crippen LogP contribution >= 0.6 is 11.6 Å². The first-order valence-corrected chi connectivity index (χ1v) is 15.7. The van der Waals surface area contributed by atoms with Crippen molar-refractivity contribution in [3.05, 3.63) is 89.2 Å². The van der Waals surface area contributed by atoms with Crippen LogP contribution in [0.5, 0.6) is 5.75 Å². The molecule has 44 heavy (non-hydrogen) atoms. The van der Waals surface area contributed by atoms with Crippen LogP contribution in [0.2, 0.25) is 5.02 Å². The molecule has 12 heteroatoms. The van der Waals surface area contributed by atoms with Gasteiger partial charge in [-0.25, -0.2) is 17.8 Å². The van der Waals surface area contributed by atoms with Crippen LogP contribution in [0.3, 0.4) is 0 Å². The Morgan fingerprint density at radius 3 is 2.57 bits per heavy atom. The van der Waals surface area contributed by atoms with E-state index in [0.29, 0.717) is 44.4 Å². The lowest BCUT2D eigenvalue weighted by Gasteiger charge is -2.23. The number of nitrogens with zero attached hydrogens (tertiary/aromatic N) is 3. The third-order valence-corrected chi connectivity index (χ3v) is 9.22. The van der Waals surface area contributed by atoms with Crippen molar-refractivity contribution < 1.29 is 26.8 Å². The molecule has 1 aliphatic heterocycles. The van der Waals surface area contributed by atoms with Crippen LogP contribution in [0.4, 0.5) is 10.1 Å². The number of benzene rings is 3. The minimum Gasteiger partial charge on any atom is -0.470 e. The van der Waals surface area contributed by atoms with E-state index in [4.69, 9.17) is 25.7 Å². The highest BCUT2D eigenvalue weighted by Gasteiger charge is 2.28. The molecule has 0 spiro atoms. The van der Waals surface area contributed by atoms with E-state index in [1.54, 1.807) is 24.3 Å². The standard InChI is InChI=1S/C32H24ClFN4O5S/c1-35-32(39)29-22-14-21(25(37(2)44(3,40)41)15-28(22)43-31(29)17-5-8-20(34)9-6-17)23-10-11-27-30(36-23)26-12-18-4-7-19(33)13-24(18)38(26)16-42-27/h4-15H,16H2,1-3H3,(H,35,39). The van der Waals surface area contributed by atoms with Gasteiger partial charge in [0.1, 0.15) is 28.6 Å². The summed E-state index contributed by atoms with van der Waals surface area (Å²) in [6.07, 6.45) is 1.10. The van der Waals surface area contributed by atoms with E-state index in [0.717, 1.165) is 27.2 Å². The van der Waals surface area contributed by atoms with Crippen LogP contribution in [0.15, 0.2) is 77.2 Å². The van der Waals surface area contributed by atoms with Crippen molar-refractivity contribution in [1.82, 2.24) is 14.9 Å². The van der Waals surface area contributed by atoms with Crippen molar-refractivity contribution in [1.29, 1.82) is 0 Å². The first-order chi connectivity index (χ1) is 21.0. The summed E-state index contributed by atoms with van der Waals surface area (Å²) in [6, 6.07) is 20.0. The molecule has 4 heterocycles. The normalized spacial score (nSPS) is 12.6. The number of fused-ring (bicyclic) bond motifs is 6. The van der Waals surface area contributed by atoms with E-state index in [2.05, 4.69) is 5.32 Å². The maximum atomic E-state index is 13.7. The van der Waals surface area contributed by atoms with Gasteiger partial charge in [0.05, 0.1) is 34.4 Å². The number of anilines is 1. The smallest absolute Gasteiger partial charge is 0.255 e. The Hall–Kier alpha value is -4.87. The number of nitrogens with one attached hydrogen (secondary N) is 1. The lowest BCUT2D eigenvalue weighted by molar-refractivity contribution is 0.0964. The number of halogens is 2. The van der Waals surface area contributed by atoms with E-state index >= 15 is 0 Å². The molecule has 0 radical (unpaired) electrons. The number of sulfonamides is 1. The zero-order valence-electron chi connectivity index (χ0n) is 23.7. The summed E-state index contributed by atoms with van der Waals surface area (Å²) in [5, 5.41) is 4.64. The maximum Gasteiger partial charge on any atom is 0.255 e. The van der Waals surface area contributed by atoms with Crippen molar-refractivity contribution in [2.45, 2.75) is 6.73 Å². The topological polar surface area (TPSA) is 107 Å². The molecule has 0 unspecified atom stereocenters. The Bertz CT molecular complexity index is 2260. The molecule has 222 valence electrons. The summed E-state index contributed by atoms with van der Waals surface area (Å²) in [4.78, 5) is 18.2. The van der Waals surface area contributed by atoms with Gasteiger partial charge in [0.25, 0.3) is 5.91 Å². The SMILES string of the molecule is CNC(=O)c1c(-c2ccc(F)cc2)oc2cc(N(C)S(C)(=O)=O)c(-c3ccc4c(n3)-c3cc5ccc(Cl)cc5n3CO4)cc12.